The lowest BCUT2D eigenvalue weighted by Gasteiger charge is -2.36. The molecule has 0 saturated carbocycles. The maximum absolute atomic E-state index is 13.2. The van der Waals surface area contributed by atoms with E-state index in [4.69, 9.17) is 4.74 Å². The van der Waals surface area contributed by atoms with Crippen LogP contribution >= 0.6 is 12.4 Å². The smallest absolute Gasteiger partial charge is 0.315 e. The van der Waals surface area contributed by atoms with Crippen molar-refractivity contribution in [1.29, 1.82) is 0 Å². The van der Waals surface area contributed by atoms with Gasteiger partial charge in [0.2, 0.25) is 0 Å². The molecular weight excluding hydrogens is 380 g/mol. The van der Waals surface area contributed by atoms with Gasteiger partial charge in [0, 0.05) is 18.1 Å². The van der Waals surface area contributed by atoms with Crippen molar-refractivity contribution in [3.8, 4) is 0 Å². The molecule has 152 valence electrons. The van der Waals surface area contributed by atoms with Crippen molar-refractivity contribution in [2.75, 3.05) is 25.5 Å². The van der Waals surface area contributed by atoms with E-state index in [1.165, 1.54) is 7.11 Å². The van der Waals surface area contributed by atoms with Crippen molar-refractivity contribution < 1.29 is 14.3 Å². The van der Waals surface area contributed by atoms with E-state index >= 15 is 0 Å². The third-order valence-electron chi connectivity index (χ3n) is 5.36. The maximum Gasteiger partial charge on any atom is 0.315 e. The zero-order valence-corrected chi connectivity index (χ0v) is 17.2. The highest BCUT2D eigenvalue weighted by molar-refractivity contribution is 5.96. The monoisotopic (exact) mass is 406 g/mol. The lowest BCUT2D eigenvalue weighted by Crippen LogP contribution is -2.52. The Balaban J connectivity index is 0.00000280. The quantitative estimate of drug-likeness (QED) is 0.745. The van der Waals surface area contributed by atoms with Crippen LogP contribution in [0.5, 0.6) is 0 Å². The van der Waals surface area contributed by atoms with Gasteiger partial charge in [-0.25, -0.2) is 0 Å². The van der Waals surface area contributed by atoms with Gasteiger partial charge in [-0.2, -0.15) is 5.10 Å². The van der Waals surface area contributed by atoms with Gasteiger partial charge in [-0.05, 0) is 63.5 Å². The van der Waals surface area contributed by atoms with Crippen LogP contribution in [0.1, 0.15) is 32.3 Å². The summed E-state index contributed by atoms with van der Waals surface area (Å²) in [5.74, 6) is -0.376. The highest BCUT2D eigenvalue weighted by atomic mass is 35.5. The van der Waals surface area contributed by atoms with Crippen molar-refractivity contribution in [3.05, 3.63) is 48.3 Å². The third kappa shape index (κ3) is 4.05. The lowest BCUT2D eigenvalue weighted by atomic mass is 9.84. The van der Waals surface area contributed by atoms with Crippen molar-refractivity contribution in [3.63, 3.8) is 0 Å². The number of esters is 1. The minimum absolute atomic E-state index is 0. The fraction of sp³-hybridized carbons (Fsp3) is 0.450. The maximum atomic E-state index is 13.2. The first-order chi connectivity index (χ1) is 12.9. The number of carbonyl (C=O) groups is 2. The number of methoxy groups -OCH3 is 1. The first-order valence-corrected chi connectivity index (χ1v) is 9.11. The van der Waals surface area contributed by atoms with Gasteiger partial charge in [-0.1, -0.05) is 12.1 Å². The molecule has 2 heterocycles. The lowest BCUT2D eigenvalue weighted by molar-refractivity contribution is -0.146. The number of rotatable bonds is 5. The number of hydrogen-bond acceptors (Lipinski definition) is 5. The highest BCUT2D eigenvalue weighted by Crippen LogP contribution is 2.30. The fourth-order valence-corrected chi connectivity index (χ4v) is 3.51. The molecule has 0 bridgehead atoms. The second-order valence-electron chi connectivity index (χ2n) is 7.38. The number of nitrogens with one attached hydrogen (secondary N) is 2. The van der Waals surface area contributed by atoms with Gasteiger partial charge in [0.15, 0.2) is 0 Å². The Kier molecular flexibility index (Phi) is 6.85. The predicted molar refractivity (Wildman–Crippen MR) is 110 cm³/mol. The van der Waals surface area contributed by atoms with Crippen LogP contribution in [0, 0.1) is 0 Å². The number of carbonyl (C=O) groups excluding carboxylic acids is 2. The van der Waals surface area contributed by atoms with Crippen LogP contribution in [0.4, 0.5) is 5.69 Å². The topological polar surface area (TPSA) is 85.2 Å². The van der Waals surface area contributed by atoms with Crippen molar-refractivity contribution >= 4 is 30.0 Å². The SMILES string of the molecule is COC(=O)C(C)(C)c1ccc(NC(=O)C2(n3cccn3)CCNCC2)cc1.Cl. The molecular formula is C20H27ClN4O3. The van der Waals surface area contributed by atoms with Gasteiger partial charge < -0.3 is 15.4 Å². The van der Waals surface area contributed by atoms with Gasteiger partial charge in [0.05, 0.1) is 12.5 Å². The Bertz CT molecular complexity index is 797. The zero-order valence-electron chi connectivity index (χ0n) is 16.4. The van der Waals surface area contributed by atoms with E-state index in [0.29, 0.717) is 18.5 Å². The molecule has 0 spiro atoms. The van der Waals surface area contributed by atoms with Crippen molar-refractivity contribution in [2.45, 2.75) is 37.6 Å². The van der Waals surface area contributed by atoms with Crippen LogP contribution in [0.15, 0.2) is 42.7 Å². The normalized spacial score (nSPS) is 16.0. The van der Waals surface area contributed by atoms with E-state index in [9.17, 15) is 9.59 Å². The first kappa shape index (κ1) is 21.9. The zero-order chi connectivity index (χ0) is 19.5. The molecule has 3 rings (SSSR count). The highest BCUT2D eigenvalue weighted by Gasteiger charge is 2.42. The van der Waals surface area contributed by atoms with Gasteiger partial charge in [-0.3, -0.25) is 14.3 Å². The molecule has 8 heteroatoms. The van der Waals surface area contributed by atoms with E-state index in [1.807, 2.05) is 50.4 Å². The molecule has 1 aliphatic heterocycles. The van der Waals surface area contributed by atoms with E-state index < -0.39 is 11.0 Å². The van der Waals surface area contributed by atoms with Gasteiger partial charge in [0.1, 0.15) is 5.54 Å². The first-order valence-electron chi connectivity index (χ1n) is 9.11. The Hall–Kier alpha value is -2.38. The van der Waals surface area contributed by atoms with Gasteiger partial charge in [-0.15, -0.1) is 12.4 Å². The molecule has 2 aromatic rings. The van der Waals surface area contributed by atoms with Crippen LogP contribution in [0.25, 0.3) is 0 Å². The standard InChI is InChI=1S/C20H26N4O3.ClH/c1-19(2,18(26)27-3)15-5-7-16(8-6-15)23-17(25)20(9-12-21-13-10-20)24-14-4-11-22-24;/h4-8,11,14,21H,9-10,12-13H2,1-3H3,(H,23,25);1H. The summed E-state index contributed by atoms with van der Waals surface area (Å²) in [6, 6.07) is 9.15. The van der Waals surface area contributed by atoms with Gasteiger partial charge >= 0.3 is 5.97 Å². The number of piperidine rings is 1. The van der Waals surface area contributed by atoms with Crippen LogP contribution in [0.3, 0.4) is 0 Å². The number of amides is 1. The Morgan fingerprint density at radius 3 is 2.39 bits per heavy atom. The second-order valence-corrected chi connectivity index (χ2v) is 7.38. The summed E-state index contributed by atoms with van der Waals surface area (Å²) >= 11 is 0. The van der Waals surface area contributed by atoms with Crippen LogP contribution in [0.2, 0.25) is 0 Å². The van der Waals surface area contributed by atoms with E-state index in [1.54, 1.807) is 10.9 Å². The summed E-state index contributed by atoms with van der Waals surface area (Å²) in [6.07, 6.45) is 4.88. The summed E-state index contributed by atoms with van der Waals surface area (Å²) in [6.45, 7) is 5.15. The van der Waals surface area contributed by atoms with E-state index in [-0.39, 0.29) is 24.3 Å². The molecule has 2 N–H and O–H groups in total. The number of hydrogen-bond donors (Lipinski definition) is 2. The van der Waals surface area contributed by atoms with Crippen LogP contribution in [-0.4, -0.2) is 41.9 Å². The molecule has 1 aliphatic rings. The van der Waals surface area contributed by atoms with Gasteiger partial charge in [0.25, 0.3) is 5.91 Å². The summed E-state index contributed by atoms with van der Waals surface area (Å²) in [5.41, 5.74) is 0.0758. The number of halogens is 1. The molecule has 0 radical (unpaired) electrons. The van der Waals surface area contributed by atoms with Crippen LogP contribution < -0.4 is 10.6 Å². The Labute approximate surface area is 171 Å². The number of aromatic nitrogens is 2. The Morgan fingerprint density at radius 1 is 1.21 bits per heavy atom. The molecule has 1 saturated heterocycles. The number of anilines is 1. The number of benzene rings is 1. The van der Waals surface area contributed by atoms with E-state index in [2.05, 4.69) is 15.7 Å². The third-order valence-corrected chi connectivity index (χ3v) is 5.36. The summed E-state index contributed by atoms with van der Waals surface area (Å²) in [7, 11) is 1.38. The minimum Gasteiger partial charge on any atom is -0.468 e. The molecule has 1 aromatic carbocycles. The van der Waals surface area contributed by atoms with Crippen molar-refractivity contribution in [2.24, 2.45) is 0 Å². The average molecular weight is 407 g/mol. The molecule has 0 aliphatic carbocycles. The molecule has 1 aromatic heterocycles. The molecule has 0 atom stereocenters. The molecule has 1 fully saturated rings. The van der Waals surface area contributed by atoms with E-state index in [0.717, 1.165) is 18.7 Å². The molecule has 1 amide bonds. The minimum atomic E-state index is -0.747. The molecule has 7 nitrogen and oxygen atoms in total. The number of ether oxygens (including phenoxy) is 1. The molecule has 28 heavy (non-hydrogen) atoms. The predicted octanol–water partition coefficient (Wildman–Crippen LogP) is 2.47. The average Bonchev–Trinajstić information content (AvgIpc) is 3.23. The largest absolute Gasteiger partial charge is 0.468 e. The summed E-state index contributed by atoms with van der Waals surface area (Å²) in [4.78, 5) is 25.1. The number of nitrogens with zero attached hydrogens (tertiary/aromatic N) is 2. The van der Waals surface area contributed by atoms with Crippen molar-refractivity contribution in [1.82, 2.24) is 15.1 Å². The summed E-state index contributed by atoms with van der Waals surface area (Å²) in [5, 5.41) is 10.6. The molecule has 0 unspecified atom stereocenters. The summed E-state index contributed by atoms with van der Waals surface area (Å²) < 4.78 is 6.64. The second kappa shape index (κ2) is 8.75. The fourth-order valence-electron chi connectivity index (χ4n) is 3.51. The Morgan fingerprint density at radius 2 is 1.86 bits per heavy atom. The van der Waals surface area contributed by atoms with Crippen LogP contribution in [-0.2, 0) is 25.3 Å².